The molecule has 1 amide bonds. The Bertz CT molecular complexity index is 920. The number of hydrogen-bond donors (Lipinski definition) is 1. The second kappa shape index (κ2) is 7.51. The van der Waals surface area contributed by atoms with Crippen LogP contribution in [0.2, 0.25) is 0 Å². The Kier molecular flexibility index (Phi) is 5.07. The predicted molar refractivity (Wildman–Crippen MR) is 101 cm³/mol. The van der Waals surface area contributed by atoms with Crippen LogP contribution in [0, 0.1) is 0 Å². The maximum absolute atomic E-state index is 12.2. The van der Waals surface area contributed by atoms with E-state index in [-0.39, 0.29) is 24.2 Å². The number of morpholine rings is 1. The Morgan fingerprint density at radius 1 is 1.39 bits per heavy atom. The van der Waals surface area contributed by atoms with Crippen LogP contribution in [0.5, 0.6) is 0 Å². The molecule has 0 aromatic carbocycles. The van der Waals surface area contributed by atoms with Gasteiger partial charge in [-0.15, -0.1) is 10.2 Å². The van der Waals surface area contributed by atoms with E-state index in [0.29, 0.717) is 31.2 Å². The Morgan fingerprint density at radius 3 is 3.07 bits per heavy atom. The van der Waals surface area contributed by atoms with E-state index in [1.54, 1.807) is 13.1 Å². The number of amides is 1. The lowest BCUT2D eigenvalue weighted by Crippen LogP contribution is -2.64. The van der Waals surface area contributed by atoms with Gasteiger partial charge in [-0.3, -0.25) is 4.79 Å². The SMILES string of the molecule is COCC(=O)N[C@H]1CCCC[C@]12CN(c1ccc3nn(C)c(=O)n3n1)CCO2. The summed E-state index contributed by atoms with van der Waals surface area (Å²) in [6, 6.07) is 3.60. The zero-order chi connectivity index (χ0) is 19.7. The summed E-state index contributed by atoms with van der Waals surface area (Å²) in [4.78, 5) is 26.4. The van der Waals surface area contributed by atoms with Gasteiger partial charge in [0.05, 0.1) is 19.2 Å². The van der Waals surface area contributed by atoms with Gasteiger partial charge in [0.25, 0.3) is 0 Å². The first-order valence-electron chi connectivity index (χ1n) is 9.63. The molecule has 0 unspecified atom stereocenters. The third-order valence-electron chi connectivity index (χ3n) is 5.63. The van der Waals surface area contributed by atoms with Gasteiger partial charge in [-0.1, -0.05) is 12.8 Å². The molecule has 1 aliphatic carbocycles. The normalized spacial score (nSPS) is 25.4. The van der Waals surface area contributed by atoms with Gasteiger partial charge in [0.1, 0.15) is 18.0 Å². The van der Waals surface area contributed by atoms with Crippen LogP contribution < -0.4 is 15.9 Å². The van der Waals surface area contributed by atoms with Gasteiger partial charge in [0.15, 0.2) is 5.65 Å². The standard InChI is InChI=1S/C18H26N6O4/c1-22-17(26)24-15(20-22)7-6-14(21-24)23-9-10-28-18(12-23)8-4-3-5-13(18)19-16(25)11-27-2/h6-7,13H,3-5,8-12H2,1-2H3,(H,19,25)/t13-,18-/m0/s1. The number of rotatable bonds is 4. The first-order valence-corrected chi connectivity index (χ1v) is 9.63. The van der Waals surface area contributed by atoms with Crippen LogP contribution in [0.15, 0.2) is 16.9 Å². The number of nitrogens with zero attached hydrogens (tertiary/aromatic N) is 5. The molecule has 2 aromatic heterocycles. The molecule has 0 radical (unpaired) electrons. The van der Waals surface area contributed by atoms with E-state index >= 15 is 0 Å². The van der Waals surface area contributed by atoms with Crippen molar-refractivity contribution in [1.29, 1.82) is 0 Å². The highest BCUT2D eigenvalue weighted by molar-refractivity contribution is 5.77. The van der Waals surface area contributed by atoms with Gasteiger partial charge in [-0.2, -0.15) is 4.52 Å². The van der Waals surface area contributed by atoms with Gasteiger partial charge in [-0.05, 0) is 25.0 Å². The summed E-state index contributed by atoms with van der Waals surface area (Å²) in [5.41, 5.74) is -0.222. The summed E-state index contributed by atoms with van der Waals surface area (Å²) < 4.78 is 13.8. The average molecular weight is 390 g/mol. The minimum absolute atomic E-state index is 0.0401. The van der Waals surface area contributed by atoms with Crippen molar-refractivity contribution in [3.8, 4) is 0 Å². The number of hydrogen-bond acceptors (Lipinski definition) is 7. The second-order valence-corrected chi connectivity index (χ2v) is 7.50. The van der Waals surface area contributed by atoms with Crippen molar-refractivity contribution >= 4 is 17.4 Å². The van der Waals surface area contributed by atoms with Crippen molar-refractivity contribution in [3.63, 3.8) is 0 Å². The highest BCUT2D eigenvalue weighted by Crippen LogP contribution is 2.36. The number of aromatic nitrogens is 4. The summed E-state index contributed by atoms with van der Waals surface area (Å²) in [6.07, 6.45) is 3.85. The first-order chi connectivity index (χ1) is 13.5. The highest BCUT2D eigenvalue weighted by Gasteiger charge is 2.46. The van der Waals surface area contributed by atoms with Crippen LogP contribution in [0.25, 0.3) is 5.65 Å². The van der Waals surface area contributed by atoms with Crippen LogP contribution in [0.1, 0.15) is 25.7 Å². The monoisotopic (exact) mass is 390 g/mol. The second-order valence-electron chi connectivity index (χ2n) is 7.50. The van der Waals surface area contributed by atoms with Crippen molar-refractivity contribution in [1.82, 2.24) is 24.7 Å². The van der Waals surface area contributed by atoms with Gasteiger partial charge in [0, 0.05) is 20.7 Å². The van der Waals surface area contributed by atoms with Crippen LogP contribution in [0.4, 0.5) is 5.82 Å². The van der Waals surface area contributed by atoms with E-state index in [9.17, 15) is 9.59 Å². The van der Waals surface area contributed by atoms with Gasteiger partial charge in [0.2, 0.25) is 5.91 Å². The van der Waals surface area contributed by atoms with Crippen molar-refractivity contribution < 1.29 is 14.3 Å². The zero-order valence-corrected chi connectivity index (χ0v) is 16.3. The molecule has 4 rings (SSSR count). The zero-order valence-electron chi connectivity index (χ0n) is 16.3. The molecule has 2 atom stereocenters. The molecule has 1 N–H and O–H groups in total. The van der Waals surface area contributed by atoms with E-state index in [0.717, 1.165) is 25.7 Å². The quantitative estimate of drug-likeness (QED) is 0.765. The molecule has 28 heavy (non-hydrogen) atoms. The van der Waals surface area contributed by atoms with Crippen molar-refractivity contribution in [3.05, 3.63) is 22.6 Å². The Morgan fingerprint density at radius 2 is 2.25 bits per heavy atom. The van der Waals surface area contributed by atoms with Gasteiger partial charge >= 0.3 is 5.69 Å². The number of aryl methyl sites for hydroxylation is 1. The van der Waals surface area contributed by atoms with Crippen LogP contribution in [-0.2, 0) is 21.3 Å². The van der Waals surface area contributed by atoms with E-state index in [1.165, 1.54) is 16.3 Å². The Labute approximate surface area is 162 Å². The number of methoxy groups -OCH3 is 1. The smallest absolute Gasteiger partial charge is 0.366 e. The fourth-order valence-corrected chi connectivity index (χ4v) is 4.27. The predicted octanol–water partition coefficient (Wildman–Crippen LogP) is -0.291. The molecule has 10 nitrogen and oxygen atoms in total. The summed E-state index contributed by atoms with van der Waals surface area (Å²) >= 11 is 0. The molecule has 152 valence electrons. The Balaban J connectivity index is 1.59. The van der Waals surface area contributed by atoms with Crippen LogP contribution in [0.3, 0.4) is 0 Å². The molecule has 1 spiro atoms. The number of carbonyl (C=O) groups excluding carboxylic acids is 1. The third-order valence-corrected chi connectivity index (χ3v) is 5.63. The maximum Gasteiger partial charge on any atom is 0.366 e. The van der Waals surface area contributed by atoms with Gasteiger partial charge < -0.3 is 19.7 Å². The number of anilines is 1. The number of carbonyl (C=O) groups is 1. The topological polar surface area (TPSA) is 103 Å². The minimum atomic E-state index is -0.462. The van der Waals surface area contributed by atoms with Crippen molar-refractivity contribution in [2.24, 2.45) is 7.05 Å². The number of ether oxygens (including phenoxy) is 2. The fraction of sp³-hybridized carbons (Fsp3) is 0.667. The van der Waals surface area contributed by atoms with E-state index in [1.807, 2.05) is 6.07 Å². The first kappa shape index (κ1) is 18.9. The molecular formula is C18H26N6O4. The van der Waals surface area contributed by atoms with Gasteiger partial charge in [-0.25, -0.2) is 9.48 Å². The molecule has 2 aromatic rings. The minimum Gasteiger partial charge on any atom is -0.375 e. The number of fused-ring (bicyclic) bond motifs is 1. The Hall–Kier alpha value is -2.46. The summed E-state index contributed by atoms with van der Waals surface area (Å²) in [5.74, 6) is 0.578. The number of nitrogens with one attached hydrogen (secondary N) is 1. The molecule has 2 aliphatic rings. The summed E-state index contributed by atoms with van der Waals surface area (Å²) in [7, 11) is 3.12. The largest absolute Gasteiger partial charge is 0.375 e. The molecular weight excluding hydrogens is 364 g/mol. The summed E-state index contributed by atoms with van der Waals surface area (Å²) in [6.45, 7) is 1.86. The lowest BCUT2D eigenvalue weighted by Gasteiger charge is -2.49. The van der Waals surface area contributed by atoms with Crippen LogP contribution in [-0.4, -0.2) is 70.4 Å². The lowest BCUT2D eigenvalue weighted by atomic mass is 9.78. The molecule has 0 bridgehead atoms. The highest BCUT2D eigenvalue weighted by atomic mass is 16.5. The molecule has 10 heteroatoms. The maximum atomic E-state index is 12.2. The van der Waals surface area contributed by atoms with Crippen LogP contribution >= 0.6 is 0 Å². The molecule has 2 fully saturated rings. The third kappa shape index (κ3) is 3.37. The molecule has 1 aliphatic heterocycles. The summed E-state index contributed by atoms with van der Waals surface area (Å²) in [5, 5.41) is 11.7. The van der Waals surface area contributed by atoms with E-state index < -0.39 is 5.60 Å². The molecule has 3 heterocycles. The lowest BCUT2D eigenvalue weighted by molar-refractivity contribution is -0.134. The van der Waals surface area contributed by atoms with Crippen molar-refractivity contribution in [2.75, 3.05) is 38.3 Å². The molecule has 1 saturated heterocycles. The van der Waals surface area contributed by atoms with E-state index in [4.69, 9.17) is 9.47 Å². The average Bonchev–Trinajstić information content (AvgIpc) is 2.98. The van der Waals surface area contributed by atoms with Crippen molar-refractivity contribution in [2.45, 2.75) is 37.3 Å². The van der Waals surface area contributed by atoms with E-state index in [2.05, 4.69) is 20.4 Å². The molecule has 1 saturated carbocycles. The fourth-order valence-electron chi connectivity index (χ4n) is 4.27.